The van der Waals surface area contributed by atoms with Crippen molar-refractivity contribution in [2.45, 2.75) is 25.8 Å². The van der Waals surface area contributed by atoms with Crippen molar-refractivity contribution >= 4 is 5.69 Å². The number of hydrogen-bond donors (Lipinski definition) is 1. The molecule has 1 aromatic rings. The van der Waals surface area contributed by atoms with Gasteiger partial charge in [0.15, 0.2) is 0 Å². The molecule has 0 aliphatic carbocycles. The standard InChI is InChI=1S/C13H19NO2/c1-9-10(2)14(7-8-15)11-5-4-6-12(16-3)13(9)11/h4-6,9-10,15H,7-8H2,1-3H3. The first-order chi connectivity index (χ1) is 7.70. The van der Waals surface area contributed by atoms with Gasteiger partial charge >= 0.3 is 0 Å². The van der Waals surface area contributed by atoms with E-state index in [1.165, 1.54) is 11.3 Å². The lowest BCUT2D eigenvalue weighted by molar-refractivity contribution is 0.298. The van der Waals surface area contributed by atoms with E-state index >= 15 is 0 Å². The van der Waals surface area contributed by atoms with E-state index in [0.717, 1.165) is 5.75 Å². The highest BCUT2D eigenvalue weighted by molar-refractivity contribution is 5.66. The molecule has 16 heavy (non-hydrogen) atoms. The van der Waals surface area contributed by atoms with Gasteiger partial charge in [-0.3, -0.25) is 0 Å². The fourth-order valence-corrected chi connectivity index (χ4v) is 2.58. The van der Waals surface area contributed by atoms with E-state index in [1.54, 1.807) is 7.11 Å². The maximum atomic E-state index is 9.11. The Hall–Kier alpha value is -1.22. The largest absolute Gasteiger partial charge is 0.496 e. The lowest BCUT2D eigenvalue weighted by Gasteiger charge is -2.25. The summed E-state index contributed by atoms with van der Waals surface area (Å²) in [5, 5.41) is 9.11. The fraction of sp³-hybridized carbons (Fsp3) is 0.538. The Morgan fingerprint density at radius 3 is 2.75 bits per heavy atom. The zero-order valence-corrected chi connectivity index (χ0v) is 10.1. The van der Waals surface area contributed by atoms with Gasteiger partial charge in [0.1, 0.15) is 5.75 Å². The second-order valence-electron chi connectivity index (χ2n) is 4.34. The van der Waals surface area contributed by atoms with Gasteiger partial charge in [0, 0.05) is 29.8 Å². The normalized spacial score (nSPS) is 23.4. The van der Waals surface area contributed by atoms with Crippen LogP contribution in [0, 0.1) is 0 Å². The SMILES string of the molecule is COc1cccc2c1C(C)C(C)N2CCO. The van der Waals surface area contributed by atoms with Crippen molar-refractivity contribution in [3.05, 3.63) is 23.8 Å². The molecule has 1 N–H and O–H groups in total. The number of rotatable bonds is 3. The first-order valence-corrected chi connectivity index (χ1v) is 5.75. The van der Waals surface area contributed by atoms with Crippen LogP contribution in [0.4, 0.5) is 5.69 Å². The number of methoxy groups -OCH3 is 1. The number of hydrogen-bond acceptors (Lipinski definition) is 3. The van der Waals surface area contributed by atoms with Crippen LogP contribution in [0.15, 0.2) is 18.2 Å². The van der Waals surface area contributed by atoms with E-state index in [2.05, 4.69) is 24.8 Å². The number of aliphatic hydroxyl groups is 1. The highest BCUT2D eigenvalue weighted by Crippen LogP contribution is 2.45. The maximum Gasteiger partial charge on any atom is 0.124 e. The first kappa shape index (κ1) is 11.3. The van der Waals surface area contributed by atoms with Crippen LogP contribution in [0.25, 0.3) is 0 Å². The predicted octanol–water partition coefficient (Wildman–Crippen LogP) is 2.00. The highest BCUT2D eigenvalue weighted by atomic mass is 16.5. The quantitative estimate of drug-likeness (QED) is 0.847. The molecule has 1 heterocycles. The van der Waals surface area contributed by atoms with Crippen LogP contribution >= 0.6 is 0 Å². The lowest BCUT2D eigenvalue weighted by atomic mass is 9.97. The summed E-state index contributed by atoms with van der Waals surface area (Å²) < 4.78 is 5.41. The second-order valence-corrected chi connectivity index (χ2v) is 4.34. The van der Waals surface area contributed by atoms with Gasteiger partial charge in [-0.25, -0.2) is 0 Å². The number of nitrogens with zero attached hydrogens (tertiary/aromatic N) is 1. The highest BCUT2D eigenvalue weighted by Gasteiger charge is 2.34. The van der Waals surface area contributed by atoms with Crippen LogP contribution < -0.4 is 9.64 Å². The van der Waals surface area contributed by atoms with Gasteiger partial charge in [-0.1, -0.05) is 13.0 Å². The molecule has 0 aromatic heterocycles. The van der Waals surface area contributed by atoms with Crippen LogP contribution in [-0.4, -0.2) is 31.4 Å². The summed E-state index contributed by atoms with van der Waals surface area (Å²) in [5.74, 6) is 1.40. The van der Waals surface area contributed by atoms with E-state index in [9.17, 15) is 0 Å². The molecule has 2 rings (SSSR count). The van der Waals surface area contributed by atoms with Crippen LogP contribution in [0.1, 0.15) is 25.3 Å². The van der Waals surface area contributed by atoms with E-state index < -0.39 is 0 Å². The van der Waals surface area contributed by atoms with Crippen LogP contribution in [0.2, 0.25) is 0 Å². The molecule has 0 saturated heterocycles. The molecule has 0 amide bonds. The summed E-state index contributed by atoms with van der Waals surface area (Å²) in [6.07, 6.45) is 0. The molecule has 88 valence electrons. The van der Waals surface area contributed by atoms with Crippen molar-refractivity contribution < 1.29 is 9.84 Å². The summed E-state index contributed by atoms with van der Waals surface area (Å²) >= 11 is 0. The minimum absolute atomic E-state index is 0.188. The molecule has 0 saturated carbocycles. The molecule has 1 aliphatic rings. The monoisotopic (exact) mass is 221 g/mol. The summed E-state index contributed by atoms with van der Waals surface area (Å²) in [6.45, 7) is 5.28. The molecular formula is C13H19NO2. The van der Waals surface area contributed by atoms with Gasteiger partial charge < -0.3 is 14.7 Å². The molecule has 2 atom stereocenters. The van der Waals surface area contributed by atoms with Crippen molar-refractivity contribution in [1.29, 1.82) is 0 Å². The van der Waals surface area contributed by atoms with Crippen molar-refractivity contribution in [2.24, 2.45) is 0 Å². The maximum absolute atomic E-state index is 9.11. The molecule has 0 bridgehead atoms. The van der Waals surface area contributed by atoms with E-state index in [-0.39, 0.29) is 6.61 Å². The third-order valence-corrected chi connectivity index (χ3v) is 3.58. The van der Waals surface area contributed by atoms with Gasteiger partial charge in [0.05, 0.1) is 13.7 Å². The average Bonchev–Trinajstić information content (AvgIpc) is 2.55. The number of anilines is 1. The number of fused-ring (bicyclic) bond motifs is 1. The molecule has 0 fully saturated rings. The summed E-state index contributed by atoms with van der Waals surface area (Å²) in [5.41, 5.74) is 2.47. The average molecular weight is 221 g/mol. The van der Waals surface area contributed by atoms with Crippen LogP contribution in [-0.2, 0) is 0 Å². The van der Waals surface area contributed by atoms with Gasteiger partial charge in [-0.2, -0.15) is 0 Å². The Balaban J connectivity index is 2.46. The summed E-state index contributed by atoms with van der Waals surface area (Å²) in [4.78, 5) is 2.25. The summed E-state index contributed by atoms with van der Waals surface area (Å²) in [6, 6.07) is 6.53. The van der Waals surface area contributed by atoms with Crippen molar-refractivity contribution in [1.82, 2.24) is 0 Å². The molecular weight excluding hydrogens is 202 g/mol. The van der Waals surface area contributed by atoms with Crippen LogP contribution in [0.5, 0.6) is 5.75 Å². The third kappa shape index (κ3) is 1.55. The molecule has 0 spiro atoms. The van der Waals surface area contributed by atoms with Gasteiger partial charge in [-0.05, 0) is 19.1 Å². The van der Waals surface area contributed by atoms with Crippen molar-refractivity contribution in [3.63, 3.8) is 0 Å². The molecule has 1 aromatic carbocycles. The topological polar surface area (TPSA) is 32.7 Å². The van der Waals surface area contributed by atoms with E-state index in [4.69, 9.17) is 9.84 Å². The number of benzene rings is 1. The Bertz CT molecular complexity index is 378. The second kappa shape index (κ2) is 4.34. The smallest absolute Gasteiger partial charge is 0.124 e. The Kier molecular flexibility index (Phi) is 3.06. The number of ether oxygens (including phenoxy) is 1. The minimum atomic E-state index is 0.188. The zero-order valence-electron chi connectivity index (χ0n) is 10.1. The molecule has 3 nitrogen and oxygen atoms in total. The molecule has 3 heteroatoms. The van der Waals surface area contributed by atoms with Gasteiger partial charge in [0.2, 0.25) is 0 Å². The third-order valence-electron chi connectivity index (χ3n) is 3.58. The zero-order chi connectivity index (χ0) is 11.7. The van der Waals surface area contributed by atoms with Crippen molar-refractivity contribution in [2.75, 3.05) is 25.2 Å². The van der Waals surface area contributed by atoms with E-state index in [1.807, 2.05) is 12.1 Å². The molecule has 1 aliphatic heterocycles. The Labute approximate surface area is 96.6 Å². The van der Waals surface area contributed by atoms with Crippen molar-refractivity contribution in [3.8, 4) is 5.75 Å². The van der Waals surface area contributed by atoms with Crippen LogP contribution in [0.3, 0.4) is 0 Å². The summed E-state index contributed by atoms with van der Waals surface area (Å²) in [7, 11) is 1.71. The Morgan fingerprint density at radius 1 is 1.38 bits per heavy atom. The number of aliphatic hydroxyl groups excluding tert-OH is 1. The minimum Gasteiger partial charge on any atom is -0.496 e. The first-order valence-electron chi connectivity index (χ1n) is 5.75. The number of β-amino-alcohol motifs (C(OH)–C–C–N with tert-alkyl or cyclic N) is 1. The lowest BCUT2D eigenvalue weighted by Crippen LogP contribution is -2.33. The van der Waals surface area contributed by atoms with Gasteiger partial charge in [-0.15, -0.1) is 0 Å². The molecule has 2 unspecified atom stereocenters. The predicted molar refractivity (Wildman–Crippen MR) is 65.3 cm³/mol. The van der Waals surface area contributed by atoms with E-state index in [0.29, 0.717) is 18.5 Å². The fourth-order valence-electron chi connectivity index (χ4n) is 2.58. The molecule has 0 radical (unpaired) electrons. The Morgan fingerprint density at radius 2 is 2.12 bits per heavy atom. The van der Waals surface area contributed by atoms with Gasteiger partial charge in [0.25, 0.3) is 0 Å².